The minimum atomic E-state index is 0.138. The molecule has 0 aromatic carbocycles. The molecule has 5 nitrogen and oxygen atoms in total. The first-order valence-electron chi connectivity index (χ1n) is 6.16. The van der Waals surface area contributed by atoms with Gasteiger partial charge in [0.2, 0.25) is 0 Å². The molecule has 1 aromatic rings. The highest BCUT2D eigenvalue weighted by molar-refractivity contribution is 5.49. The Balaban J connectivity index is 2.92. The summed E-state index contributed by atoms with van der Waals surface area (Å²) in [5.41, 5.74) is 0. The topological polar surface area (TPSA) is 61.3 Å². The van der Waals surface area contributed by atoms with Crippen molar-refractivity contribution < 1.29 is 5.11 Å². The summed E-state index contributed by atoms with van der Waals surface area (Å²) in [6, 6.07) is 1.93. The van der Waals surface area contributed by atoms with Gasteiger partial charge in [0.1, 0.15) is 17.5 Å². The second-order valence-electron chi connectivity index (χ2n) is 3.90. The van der Waals surface area contributed by atoms with Crippen LogP contribution in [0.5, 0.6) is 0 Å². The Morgan fingerprint density at radius 1 is 1.29 bits per heavy atom. The average Bonchev–Trinajstić information content (AvgIpc) is 2.28. The molecule has 0 unspecified atom stereocenters. The molecule has 0 saturated carbocycles. The maximum Gasteiger partial charge on any atom is 0.134 e. The lowest BCUT2D eigenvalue weighted by atomic mass is 10.3. The summed E-state index contributed by atoms with van der Waals surface area (Å²) in [5, 5.41) is 12.3. The van der Waals surface area contributed by atoms with Crippen LogP contribution >= 0.6 is 0 Å². The van der Waals surface area contributed by atoms with Gasteiger partial charge in [0.25, 0.3) is 0 Å². The summed E-state index contributed by atoms with van der Waals surface area (Å²) in [5.74, 6) is 2.47. The van der Waals surface area contributed by atoms with E-state index in [2.05, 4.69) is 27.1 Å². The van der Waals surface area contributed by atoms with Crippen molar-refractivity contribution in [3.05, 3.63) is 11.9 Å². The SMILES string of the molecule is CCCN(CCO)c1cc(NCC)nc(C)n1. The molecule has 0 aliphatic heterocycles. The minimum absolute atomic E-state index is 0.138. The van der Waals surface area contributed by atoms with Crippen LogP contribution < -0.4 is 10.2 Å². The zero-order chi connectivity index (χ0) is 12.7. The molecule has 2 N–H and O–H groups in total. The fraction of sp³-hybridized carbons (Fsp3) is 0.667. The molecule has 1 rings (SSSR count). The fourth-order valence-electron chi connectivity index (χ4n) is 1.72. The average molecular weight is 238 g/mol. The Bertz CT molecular complexity index is 337. The van der Waals surface area contributed by atoms with Gasteiger partial charge in [-0.1, -0.05) is 6.92 Å². The van der Waals surface area contributed by atoms with Crippen molar-refractivity contribution in [3.8, 4) is 0 Å². The molecule has 0 aliphatic rings. The lowest BCUT2D eigenvalue weighted by Gasteiger charge is -2.22. The molecular formula is C12H22N4O. The van der Waals surface area contributed by atoms with Gasteiger partial charge in [-0.2, -0.15) is 0 Å². The van der Waals surface area contributed by atoms with Gasteiger partial charge < -0.3 is 15.3 Å². The smallest absolute Gasteiger partial charge is 0.134 e. The number of rotatable bonds is 7. The Hall–Kier alpha value is -1.36. The lowest BCUT2D eigenvalue weighted by Crippen LogP contribution is -2.28. The van der Waals surface area contributed by atoms with Crippen LogP contribution in [0.15, 0.2) is 6.07 Å². The van der Waals surface area contributed by atoms with Crippen LogP contribution in [0.25, 0.3) is 0 Å². The molecule has 0 bridgehead atoms. The van der Waals surface area contributed by atoms with Crippen LogP contribution in [-0.4, -0.2) is 41.3 Å². The number of aliphatic hydroxyl groups is 1. The highest BCUT2D eigenvalue weighted by Crippen LogP contribution is 2.15. The van der Waals surface area contributed by atoms with E-state index in [1.165, 1.54) is 0 Å². The molecule has 1 heterocycles. The van der Waals surface area contributed by atoms with E-state index in [0.29, 0.717) is 6.54 Å². The molecule has 0 saturated heterocycles. The van der Waals surface area contributed by atoms with Gasteiger partial charge in [-0.3, -0.25) is 0 Å². The van der Waals surface area contributed by atoms with E-state index in [0.717, 1.165) is 37.0 Å². The number of nitrogens with zero attached hydrogens (tertiary/aromatic N) is 3. The fourth-order valence-corrected chi connectivity index (χ4v) is 1.72. The van der Waals surface area contributed by atoms with Crippen LogP contribution in [0.1, 0.15) is 26.1 Å². The van der Waals surface area contributed by atoms with E-state index in [1.807, 2.05) is 19.9 Å². The molecule has 0 spiro atoms. The van der Waals surface area contributed by atoms with E-state index in [-0.39, 0.29) is 6.61 Å². The number of hydrogen-bond donors (Lipinski definition) is 2. The Morgan fingerprint density at radius 2 is 2.06 bits per heavy atom. The Labute approximate surface area is 103 Å². The van der Waals surface area contributed by atoms with Gasteiger partial charge in [0.15, 0.2) is 0 Å². The summed E-state index contributed by atoms with van der Waals surface area (Å²) in [6.45, 7) is 8.51. The molecule has 0 amide bonds. The summed E-state index contributed by atoms with van der Waals surface area (Å²) in [4.78, 5) is 10.8. The highest BCUT2D eigenvalue weighted by atomic mass is 16.3. The van der Waals surface area contributed by atoms with E-state index >= 15 is 0 Å². The van der Waals surface area contributed by atoms with Crippen LogP contribution in [-0.2, 0) is 0 Å². The third-order valence-electron chi connectivity index (χ3n) is 2.37. The van der Waals surface area contributed by atoms with Gasteiger partial charge in [-0.25, -0.2) is 9.97 Å². The zero-order valence-corrected chi connectivity index (χ0v) is 10.9. The first kappa shape index (κ1) is 13.7. The van der Waals surface area contributed by atoms with Crippen molar-refractivity contribution >= 4 is 11.6 Å². The van der Waals surface area contributed by atoms with Gasteiger partial charge in [0.05, 0.1) is 6.61 Å². The van der Waals surface area contributed by atoms with E-state index in [4.69, 9.17) is 5.11 Å². The van der Waals surface area contributed by atoms with E-state index < -0.39 is 0 Å². The molecule has 96 valence electrons. The predicted octanol–water partition coefficient (Wildman–Crippen LogP) is 1.43. The number of aromatic nitrogens is 2. The van der Waals surface area contributed by atoms with Crippen LogP contribution in [0.4, 0.5) is 11.6 Å². The second kappa shape index (κ2) is 7.06. The van der Waals surface area contributed by atoms with Gasteiger partial charge in [-0.15, -0.1) is 0 Å². The molecule has 0 radical (unpaired) electrons. The zero-order valence-electron chi connectivity index (χ0n) is 10.9. The Kier molecular flexibility index (Phi) is 5.69. The van der Waals surface area contributed by atoms with Crippen LogP contribution in [0.2, 0.25) is 0 Å². The predicted molar refractivity (Wildman–Crippen MR) is 70.5 cm³/mol. The monoisotopic (exact) mass is 238 g/mol. The molecule has 17 heavy (non-hydrogen) atoms. The van der Waals surface area contributed by atoms with Gasteiger partial charge in [-0.05, 0) is 20.3 Å². The van der Waals surface area contributed by atoms with Gasteiger partial charge in [0, 0.05) is 25.7 Å². The third-order valence-corrected chi connectivity index (χ3v) is 2.37. The summed E-state index contributed by atoms with van der Waals surface area (Å²) in [6.07, 6.45) is 1.03. The summed E-state index contributed by atoms with van der Waals surface area (Å²) < 4.78 is 0. The van der Waals surface area contributed by atoms with Crippen molar-refractivity contribution in [3.63, 3.8) is 0 Å². The standard InChI is InChI=1S/C12H22N4O/c1-4-6-16(7-8-17)12-9-11(13-5-2)14-10(3)15-12/h9,17H,4-8H2,1-3H3,(H,13,14,15). The normalized spacial score (nSPS) is 10.4. The van der Waals surface area contributed by atoms with Crippen molar-refractivity contribution in [1.82, 2.24) is 9.97 Å². The first-order valence-corrected chi connectivity index (χ1v) is 6.16. The minimum Gasteiger partial charge on any atom is -0.395 e. The van der Waals surface area contributed by atoms with E-state index in [9.17, 15) is 0 Å². The quantitative estimate of drug-likeness (QED) is 0.752. The maximum atomic E-state index is 9.07. The van der Waals surface area contributed by atoms with Crippen LogP contribution in [0.3, 0.4) is 0 Å². The third kappa shape index (κ3) is 4.19. The molecular weight excluding hydrogens is 216 g/mol. The van der Waals surface area contributed by atoms with E-state index in [1.54, 1.807) is 0 Å². The Morgan fingerprint density at radius 3 is 2.65 bits per heavy atom. The molecule has 5 heteroatoms. The van der Waals surface area contributed by atoms with Crippen molar-refractivity contribution in [2.45, 2.75) is 27.2 Å². The first-order chi connectivity index (χ1) is 8.21. The van der Waals surface area contributed by atoms with Crippen molar-refractivity contribution in [1.29, 1.82) is 0 Å². The number of anilines is 2. The van der Waals surface area contributed by atoms with Crippen molar-refractivity contribution in [2.75, 3.05) is 36.5 Å². The largest absolute Gasteiger partial charge is 0.395 e. The summed E-state index contributed by atoms with van der Waals surface area (Å²) in [7, 11) is 0. The lowest BCUT2D eigenvalue weighted by molar-refractivity contribution is 0.301. The van der Waals surface area contributed by atoms with Crippen LogP contribution in [0, 0.1) is 6.92 Å². The second-order valence-corrected chi connectivity index (χ2v) is 3.90. The maximum absolute atomic E-state index is 9.07. The molecule has 1 aromatic heterocycles. The summed E-state index contributed by atoms with van der Waals surface area (Å²) >= 11 is 0. The van der Waals surface area contributed by atoms with Gasteiger partial charge >= 0.3 is 0 Å². The number of hydrogen-bond acceptors (Lipinski definition) is 5. The highest BCUT2D eigenvalue weighted by Gasteiger charge is 2.09. The molecule has 0 aliphatic carbocycles. The number of aliphatic hydroxyl groups excluding tert-OH is 1. The molecule has 0 atom stereocenters. The number of aryl methyl sites for hydroxylation is 1. The number of nitrogens with one attached hydrogen (secondary N) is 1. The molecule has 0 fully saturated rings. The van der Waals surface area contributed by atoms with Crippen molar-refractivity contribution in [2.24, 2.45) is 0 Å².